The van der Waals surface area contributed by atoms with Gasteiger partial charge in [-0.25, -0.2) is 0 Å². The van der Waals surface area contributed by atoms with Gasteiger partial charge in [0, 0.05) is 17.1 Å². The first-order valence-corrected chi connectivity index (χ1v) is 18.9. The number of allylic oxidation sites excluding steroid dienone is 2. The summed E-state index contributed by atoms with van der Waals surface area (Å²) in [5.74, 6) is 0. The Morgan fingerprint density at radius 1 is 0.259 bits per heavy atom. The minimum absolute atomic E-state index is 1.11. The highest BCUT2D eigenvalue weighted by Gasteiger charge is 2.17. The van der Waals surface area contributed by atoms with Crippen LogP contribution < -0.4 is 4.90 Å². The molecule has 54 heavy (non-hydrogen) atoms. The zero-order valence-electron chi connectivity index (χ0n) is 32.6. The van der Waals surface area contributed by atoms with Gasteiger partial charge in [0.2, 0.25) is 0 Å². The highest BCUT2D eigenvalue weighted by atomic mass is 15.1. The van der Waals surface area contributed by atoms with Gasteiger partial charge in [-0.3, -0.25) is 0 Å². The van der Waals surface area contributed by atoms with Crippen LogP contribution in [0.3, 0.4) is 0 Å². The SMILES string of the molecule is CC(=C(c1ccc(C)cc1)c1ccc(C)cc1)c1ccc(N(c2ccc(C)cc2)c2ccc(C(C)=C(c3ccc(C)cc3)c3ccc(C)cc3)cc2)cc1. The zero-order valence-corrected chi connectivity index (χ0v) is 32.6. The van der Waals surface area contributed by atoms with Crippen LogP contribution in [-0.4, -0.2) is 0 Å². The number of benzene rings is 7. The third kappa shape index (κ3) is 7.92. The molecule has 7 aromatic carbocycles. The molecule has 0 unspecified atom stereocenters. The average molecular weight is 700 g/mol. The fourth-order valence-corrected chi connectivity index (χ4v) is 7.23. The van der Waals surface area contributed by atoms with Crippen molar-refractivity contribution in [3.63, 3.8) is 0 Å². The van der Waals surface area contributed by atoms with E-state index in [1.807, 2.05) is 0 Å². The van der Waals surface area contributed by atoms with Crippen molar-refractivity contribution in [3.05, 3.63) is 231 Å². The van der Waals surface area contributed by atoms with E-state index in [-0.39, 0.29) is 0 Å². The van der Waals surface area contributed by atoms with Crippen molar-refractivity contribution < 1.29 is 0 Å². The Balaban J connectivity index is 1.29. The van der Waals surface area contributed by atoms with Crippen LogP contribution in [0.2, 0.25) is 0 Å². The molecule has 0 N–H and O–H groups in total. The summed E-state index contributed by atoms with van der Waals surface area (Å²) in [6.07, 6.45) is 0. The fraction of sp³-hybridized carbons (Fsp3) is 0.132. The largest absolute Gasteiger partial charge is 0.311 e. The van der Waals surface area contributed by atoms with E-state index < -0.39 is 0 Å². The average Bonchev–Trinajstić information content (AvgIpc) is 3.19. The molecule has 0 spiro atoms. The third-order valence-electron chi connectivity index (χ3n) is 10.5. The molecule has 0 radical (unpaired) electrons. The molecule has 0 aliphatic heterocycles. The number of anilines is 3. The van der Waals surface area contributed by atoms with Gasteiger partial charge in [-0.2, -0.15) is 0 Å². The van der Waals surface area contributed by atoms with Gasteiger partial charge in [-0.1, -0.05) is 161 Å². The second-order valence-corrected chi connectivity index (χ2v) is 14.7. The maximum absolute atomic E-state index is 2.35. The molecule has 0 aromatic heterocycles. The van der Waals surface area contributed by atoms with Crippen LogP contribution in [0.5, 0.6) is 0 Å². The van der Waals surface area contributed by atoms with E-state index in [1.54, 1.807) is 0 Å². The van der Waals surface area contributed by atoms with Gasteiger partial charge in [0.15, 0.2) is 0 Å². The maximum Gasteiger partial charge on any atom is 0.0462 e. The molecule has 266 valence electrons. The molecule has 0 heterocycles. The lowest BCUT2D eigenvalue weighted by atomic mass is 9.89. The smallest absolute Gasteiger partial charge is 0.0462 e. The summed E-state index contributed by atoms with van der Waals surface area (Å²) < 4.78 is 0. The van der Waals surface area contributed by atoms with Gasteiger partial charge >= 0.3 is 0 Å². The summed E-state index contributed by atoms with van der Waals surface area (Å²) in [6, 6.07) is 62.5. The first-order valence-electron chi connectivity index (χ1n) is 18.9. The lowest BCUT2D eigenvalue weighted by Crippen LogP contribution is -2.10. The Labute approximate surface area is 322 Å². The second-order valence-electron chi connectivity index (χ2n) is 14.7. The van der Waals surface area contributed by atoms with Crippen molar-refractivity contribution in [1.82, 2.24) is 0 Å². The van der Waals surface area contributed by atoms with E-state index in [0.29, 0.717) is 0 Å². The molecule has 1 nitrogen and oxygen atoms in total. The van der Waals surface area contributed by atoms with Crippen LogP contribution in [0.15, 0.2) is 170 Å². The first-order chi connectivity index (χ1) is 26.1. The molecule has 7 aromatic rings. The van der Waals surface area contributed by atoms with Crippen LogP contribution >= 0.6 is 0 Å². The number of rotatable bonds is 9. The Morgan fingerprint density at radius 2 is 0.444 bits per heavy atom. The van der Waals surface area contributed by atoms with Crippen molar-refractivity contribution in [1.29, 1.82) is 0 Å². The normalized spacial score (nSPS) is 10.9. The van der Waals surface area contributed by atoms with Gasteiger partial charge in [0.25, 0.3) is 0 Å². The van der Waals surface area contributed by atoms with E-state index in [1.165, 1.54) is 83.5 Å². The monoisotopic (exact) mass is 699 g/mol. The molecule has 0 fully saturated rings. The van der Waals surface area contributed by atoms with Crippen LogP contribution in [0.1, 0.15) is 75.0 Å². The molecule has 0 aliphatic rings. The summed E-state index contributed by atoms with van der Waals surface area (Å²) in [7, 11) is 0. The van der Waals surface area contributed by atoms with Gasteiger partial charge in [0.1, 0.15) is 0 Å². The molecular formula is C53H49N. The molecule has 7 rings (SSSR count). The lowest BCUT2D eigenvalue weighted by molar-refractivity contribution is 1.27. The predicted molar refractivity (Wildman–Crippen MR) is 234 cm³/mol. The lowest BCUT2D eigenvalue weighted by Gasteiger charge is -2.26. The Morgan fingerprint density at radius 3 is 0.685 bits per heavy atom. The topological polar surface area (TPSA) is 3.24 Å². The minimum atomic E-state index is 1.11. The van der Waals surface area contributed by atoms with Crippen LogP contribution in [0.25, 0.3) is 22.3 Å². The Hall–Kier alpha value is -6.18. The van der Waals surface area contributed by atoms with Crippen molar-refractivity contribution in [2.45, 2.75) is 48.5 Å². The number of hydrogen-bond acceptors (Lipinski definition) is 1. The van der Waals surface area contributed by atoms with Crippen molar-refractivity contribution >= 4 is 39.4 Å². The standard InChI is InChI=1S/C53H49N/c1-36-8-18-45(19-9-36)52(46-20-10-37(2)11-21-46)41(6)43-26-32-50(33-27-43)54(49-30-16-40(5)17-31-49)51-34-28-44(29-35-51)42(7)53(47-22-12-38(3)13-23-47)48-24-14-39(4)15-25-48/h8-35H,1-7H3. The fourth-order valence-electron chi connectivity index (χ4n) is 7.23. The van der Waals surface area contributed by atoms with E-state index in [9.17, 15) is 0 Å². The summed E-state index contributed by atoms with van der Waals surface area (Å²) in [5.41, 5.74) is 22.0. The first kappa shape index (κ1) is 36.2. The second kappa shape index (κ2) is 15.8. The molecule has 0 aliphatic carbocycles. The van der Waals surface area contributed by atoms with Crippen molar-refractivity contribution in [2.75, 3.05) is 4.90 Å². The molecule has 0 amide bonds. The van der Waals surface area contributed by atoms with E-state index in [0.717, 1.165) is 17.1 Å². The highest BCUT2D eigenvalue weighted by Crippen LogP contribution is 2.39. The van der Waals surface area contributed by atoms with E-state index in [2.05, 4.69) is 223 Å². The zero-order chi connectivity index (χ0) is 37.8. The predicted octanol–water partition coefficient (Wildman–Crippen LogP) is 14.7. The number of nitrogens with zero attached hydrogens (tertiary/aromatic N) is 1. The minimum Gasteiger partial charge on any atom is -0.311 e. The third-order valence-corrected chi connectivity index (χ3v) is 10.5. The molecule has 1 heteroatoms. The van der Waals surface area contributed by atoms with Crippen molar-refractivity contribution in [3.8, 4) is 0 Å². The van der Waals surface area contributed by atoms with Crippen LogP contribution in [0, 0.1) is 34.6 Å². The molecule has 0 saturated carbocycles. The van der Waals surface area contributed by atoms with Crippen LogP contribution in [-0.2, 0) is 0 Å². The number of hydrogen-bond donors (Lipinski definition) is 0. The maximum atomic E-state index is 2.35. The van der Waals surface area contributed by atoms with Gasteiger partial charge < -0.3 is 4.90 Å². The molecule has 0 bridgehead atoms. The summed E-state index contributed by atoms with van der Waals surface area (Å²) in [5, 5.41) is 0. The van der Waals surface area contributed by atoms with Crippen molar-refractivity contribution in [2.24, 2.45) is 0 Å². The Kier molecular flexibility index (Phi) is 10.6. The van der Waals surface area contributed by atoms with Crippen LogP contribution in [0.4, 0.5) is 17.1 Å². The van der Waals surface area contributed by atoms with E-state index >= 15 is 0 Å². The number of aryl methyl sites for hydroxylation is 5. The summed E-state index contributed by atoms with van der Waals surface area (Å²) >= 11 is 0. The van der Waals surface area contributed by atoms with E-state index in [4.69, 9.17) is 0 Å². The summed E-state index contributed by atoms with van der Waals surface area (Å²) in [6.45, 7) is 15.2. The quantitative estimate of drug-likeness (QED) is 0.136. The van der Waals surface area contributed by atoms with Gasteiger partial charge in [0.05, 0.1) is 0 Å². The van der Waals surface area contributed by atoms with Gasteiger partial charge in [-0.05, 0) is 141 Å². The molecule has 0 saturated heterocycles. The molecule has 0 atom stereocenters. The molecular weight excluding hydrogens is 651 g/mol. The highest BCUT2D eigenvalue weighted by molar-refractivity contribution is 5.99. The van der Waals surface area contributed by atoms with Gasteiger partial charge in [-0.15, -0.1) is 0 Å². The Bertz CT molecular complexity index is 2160. The summed E-state index contributed by atoms with van der Waals surface area (Å²) in [4.78, 5) is 2.35.